The lowest BCUT2D eigenvalue weighted by Gasteiger charge is -2.27. The number of esters is 2. The molecule has 7 heteroatoms. The minimum Gasteiger partial charge on any atom is -0.386 e. The Hall–Kier alpha value is -4.36. The van der Waals surface area contributed by atoms with Gasteiger partial charge in [-0.2, -0.15) is 0 Å². The second-order valence-electron chi connectivity index (χ2n) is 8.56. The number of hydrogen-bond acceptors (Lipinski definition) is 6. The number of nitrogens with zero attached hydrogens (tertiary/aromatic N) is 1. The standard InChI is InChI=1S/C27H15NO6/c1-2-11-33-28-24(29)16-7-3-12-14-5-9-18-23-19(27(32)34-26(18)31)10-6-15(21(14)23)13-4-8-17(25(28)30)22(16)20(12)13/h3-10H,2,11H2,1H3. The van der Waals surface area contributed by atoms with Crippen LogP contribution in [0.2, 0.25) is 0 Å². The molecule has 7 nitrogen and oxygen atoms in total. The van der Waals surface area contributed by atoms with Gasteiger partial charge in [-0.15, -0.1) is 5.06 Å². The zero-order chi connectivity index (χ0) is 23.3. The largest absolute Gasteiger partial charge is 0.386 e. The maximum atomic E-state index is 13.2. The number of benzene rings is 5. The molecule has 0 spiro atoms. The minimum atomic E-state index is -0.666. The first-order chi connectivity index (χ1) is 16.5. The van der Waals surface area contributed by atoms with E-state index in [9.17, 15) is 19.2 Å². The van der Waals surface area contributed by atoms with Crippen molar-refractivity contribution in [2.75, 3.05) is 6.61 Å². The predicted octanol–water partition coefficient (Wildman–Crippen LogP) is 4.99. The zero-order valence-corrected chi connectivity index (χ0v) is 17.9. The van der Waals surface area contributed by atoms with Gasteiger partial charge < -0.3 is 4.74 Å². The van der Waals surface area contributed by atoms with E-state index >= 15 is 0 Å². The number of amides is 2. The maximum absolute atomic E-state index is 13.2. The van der Waals surface area contributed by atoms with Gasteiger partial charge in [-0.3, -0.25) is 14.4 Å². The van der Waals surface area contributed by atoms with Gasteiger partial charge in [-0.05, 0) is 63.0 Å². The molecule has 0 aromatic heterocycles. The van der Waals surface area contributed by atoms with E-state index in [0.29, 0.717) is 39.4 Å². The molecule has 2 amide bonds. The third-order valence-electron chi connectivity index (χ3n) is 6.78. The van der Waals surface area contributed by atoms with Crippen molar-refractivity contribution in [3.63, 3.8) is 0 Å². The van der Waals surface area contributed by atoms with Crippen molar-refractivity contribution in [3.05, 3.63) is 70.8 Å². The molecule has 0 aliphatic carbocycles. The molecule has 34 heavy (non-hydrogen) atoms. The second kappa shape index (κ2) is 6.36. The molecule has 5 aromatic carbocycles. The molecule has 0 N–H and O–H groups in total. The van der Waals surface area contributed by atoms with Gasteiger partial charge >= 0.3 is 11.9 Å². The first kappa shape index (κ1) is 19.1. The summed E-state index contributed by atoms with van der Waals surface area (Å²) in [5.74, 6) is -2.31. The van der Waals surface area contributed by atoms with Gasteiger partial charge in [-0.25, -0.2) is 9.59 Å². The van der Waals surface area contributed by atoms with E-state index in [1.54, 1.807) is 24.3 Å². The molecule has 0 fully saturated rings. The molecule has 164 valence electrons. The molecule has 7 rings (SSSR count). The predicted molar refractivity (Wildman–Crippen MR) is 124 cm³/mol. The van der Waals surface area contributed by atoms with Crippen molar-refractivity contribution < 1.29 is 28.8 Å². The van der Waals surface area contributed by atoms with Crippen LogP contribution in [0.5, 0.6) is 0 Å². The van der Waals surface area contributed by atoms with Crippen LogP contribution in [-0.2, 0) is 9.57 Å². The van der Waals surface area contributed by atoms with E-state index in [1.807, 2.05) is 31.2 Å². The zero-order valence-electron chi connectivity index (χ0n) is 17.9. The van der Waals surface area contributed by atoms with E-state index < -0.39 is 23.8 Å². The van der Waals surface area contributed by atoms with E-state index in [-0.39, 0.29) is 6.61 Å². The van der Waals surface area contributed by atoms with Crippen molar-refractivity contribution in [1.82, 2.24) is 5.06 Å². The molecule has 2 aliphatic heterocycles. The SMILES string of the molecule is CCCON1C(=O)c2ccc3c4ccc5c6c(ccc(c7ccc(c2c37)C1=O)c64)C(=O)OC5=O. The number of imide groups is 1. The third-order valence-corrected chi connectivity index (χ3v) is 6.78. The monoisotopic (exact) mass is 449 g/mol. The summed E-state index contributed by atoms with van der Waals surface area (Å²) in [5, 5.41) is 6.94. The summed E-state index contributed by atoms with van der Waals surface area (Å²) in [5.41, 5.74) is 1.50. The van der Waals surface area contributed by atoms with E-state index in [2.05, 4.69) is 0 Å². The Balaban J connectivity index is 1.65. The van der Waals surface area contributed by atoms with Crippen LogP contribution in [0.1, 0.15) is 54.8 Å². The first-order valence-electron chi connectivity index (χ1n) is 11.0. The molecule has 0 radical (unpaired) electrons. The summed E-state index contributed by atoms with van der Waals surface area (Å²) >= 11 is 0. The van der Waals surface area contributed by atoms with Gasteiger partial charge in [0.15, 0.2) is 0 Å². The number of cyclic esters (lactones) is 2. The van der Waals surface area contributed by atoms with Crippen LogP contribution in [-0.4, -0.2) is 35.4 Å². The van der Waals surface area contributed by atoms with Crippen LogP contribution in [0.15, 0.2) is 48.5 Å². The number of hydroxylamine groups is 2. The molecular weight excluding hydrogens is 434 g/mol. The highest BCUT2D eigenvalue weighted by Crippen LogP contribution is 2.45. The van der Waals surface area contributed by atoms with Gasteiger partial charge in [0.25, 0.3) is 11.8 Å². The summed E-state index contributed by atoms with van der Waals surface area (Å²) in [6.07, 6.45) is 0.665. The molecule has 2 aliphatic rings. The van der Waals surface area contributed by atoms with E-state index in [1.165, 1.54) is 0 Å². The molecule has 0 unspecified atom stereocenters. The van der Waals surface area contributed by atoms with Crippen molar-refractivity contribution in [2.24, 2.45) is 0 Å². The van der Waals surface area contributed by atoms with Crippen molar-refractivity contribution >= 4 is 66.8 Å². The highest BCUT2D eigenvalue weighted by Gasteiger charge is 2.36. The van der Waals surface area contributed by atoms with E-state index in [4.69, 9.17) is 9.57 Å². The van der Waals surface area contributed by atoms with Crippen molar-refractivity contribution in [2.45, 2.75) is 13.3 Å². The molecule has 0 saturated heterocycles. The van der Waals surface area contributed by atoms with Crippen LogP contribution in [0.25, 0.3) is 43.1 Å². The summed E-state index contributed by atoms with van der Waals surface area (Å²) < 4.78 is 4.91. The van der Waals surface area contributed by atoms with Crippen LogP contribution < -0.4 is 0 Å². The minimum absolute atomic E-state index is 0.257. The Morgan fingerprint density at radius 1 is 0.618 bits per heavy atom. The van der Waals surface area contributed by atoms with Crippen molar-refractivity contribution in [1.29, 1.82) is 0 Å². The smallest absolute Gasteiger partial charge is 0.346 e. The molecule has 0 saturated carbocycles. The van der Waals surface area contributed by atoms with Gasteiger partial charge in [-0.1, -0.05) is 31.2 Å². The lowest BCUT2D eigenvalue weighted by atomic mass is 9.83. The number of hydrogen-bond donors (Lipinski definition) is 0. The van der Waals surface area contributed by atoms with Crippen molar-refractivity contribution in [3.8, 4) is 0 Å². The fourth-order valence-electron chi connectivity index (χ4n) is 5.39. The quantitative estimate of drug-likeness (QED) is 0.127. The first-order valence-corrected chi connectivity index (χ1v) is 11.0. The Labute approximate surface area is 191 Å². The number of rotatable bonds is 3. The third kappa shape index (κ3) is 2.14. The Bertz CT molecular complexity index is 1680. The average molecular weight is 449 g/mol. The number of ether oxygens (including phenoxy) is 1. The molecule has 2 heterocycles. The fourth-order valence-corrected chi connectivity index (χ4v) is 5.39. The van der Waals surface area contributed by atoms with Crippen LogP contribution >= 0.6 is 0 Å². The summed E-state index contributed by atoms with van der Waals surface area (Å²) in [6, 6.07) is 14.1. The summed E-state index contributed by atoms with van der Waals surface area (Å²) in [4.78, 5) is 56.7. The summed E-state index contributed by atoms with van der Waals surface area (Å²) in [6.45, 7) is 2.16. The topological polar surface area (TPSA) is 90.0 Å². The van der Waals surface area contributed by atoms with Gasteiger partial charge in [0, 0.05) is 10.8 Å². The number of carbonyl (C=O) groups is 4. The molecule has 0 bridgehead atoms. The normalized spacial score (nSPS) is 15.4. The maximum Gasteiger partial charge on any atom is 0.346 e. The van der Waals surface area contributed by atoms with E-state index in [0.717, 1.165) is 37.4 Å². The van der Waals surface area contributed by atoms with Gasteiger partial charge in [0.1, 0.15) is 0 Å². The number of carbonyl (C=O) groups excluding carboxylic acids is 4. The lowest BCUT2D eigenvalue weighted by molar-refractivity contribution is -0.0948. The second-order valence-corrected chi connectivity index (χ2v) is 8.56. The highest BCUT2D eigenvalue weighted by atomic mass is 16.7. The Morgan fingerprint density at radius 3 is 1.47 bits per heavy atom. The fraction of sp³-hybridized carbons (Fsp3) is 0.111. The Morgan fingerprint density at radius 2 is 1.03 bits per heavy atom. The highest BCUT2D eigenvalue weighted by molar-refractivity contribution is 6.40. The molecule has 0 atom stereocenters. The Kier molecular flexibility index (Phi) is 3.58. The lowest BCUT2D eigenvalue weighted by Crippen LogP contribution is -2.40. The summed E-state index contributed by atoms with van der Waals surface area (Å²) in [7, 11) is 0. The average Bonchev–Trinajstić information content (AvgIpc) is 2.84. The van der Waals surface area contributed by atoms with Gasteiger partial charge in [0.2, 0.25) is 0 Å². The van der Waals surface area contributed by atoms with Crippen LogP contribution in [0, 0.1) is 0 Å². The van der Waals surface area contributed by atoms with Crippen LogP contribution in [0.3, 0.4) is 0 Å². The van der Waals surface area contributed by atoms with Gasteiger partial charge in [0.05, 0.1) is 28.9 Å². The number of fused-ring (bicyclic) bond motifs is 2. The molecular formula is C27H15NO6. The van der Waals surface area contributed by atoms with Crippen LogP contribution in [0.4, 0.5) is 0 Å². The molecule has 5 aromatic rings.